The van der Waals surface area contributed by atoms with Crippen molar-refractivity contribution in [2.45, 2.75) is 27.0 Å². The lowest BCUT2D eigenvalue weighted by Gasteiger charge is -2.12. The lowest BCUT2D eigenvalue weighted by Crippen LogP contribution is -2.43. The summed E-state index contributed by atoms with van der Waals surface area (Å²) in [6, 6.07) is 0. The summed E-state index contributed by atoms with van der Waals surface area (Å²) in [7, 11) is 0. The highest BCUT2D eigenvalue weighted by Crippen LogP contribution is 1.93. The van der Waals surface area contributed by atoms with Crippen molar-refractivity contribution < 1.29 is 19.4 Å². The SMILES string of the molecule is CCOC(=O)C(O)NC(=O)C(C)C. The second kappa shape index (κ2) is 5.53. The summed E-state index contributed by atoms with van der Waals surface area (Å²) in [4.78, 5) is 21.8. The molecule has 1 unspecified atom stereocenters. The molecule has 0 bridgehead atoms. The first-order valence-electron chi connectivity index (χ1n) is 4.14. The zero-order chi connectivity index (χ0) is 10.4. The minimum Gasteiger partial charge on any atom is -0.463 e. The highest BCUT2D eigenvalue weighted by Gasteiger charge is 2.19. The normalized spacial score (nSPS) is 12.4. The standard InChI is InChI=1S/C8H15NO4/c1-4-13-8(12)7(11)9-6(10)5(2)3/h5,7,11H,4H2,1-3H3,(H,9,10). The molecule has 0 spiro atoms. The quantitative estimate of drug-likeness (QED) is 0.468. The van der Waals surface area contributed by atoms with Crippen LogP contribution in [-0.4, -0.2) is 29.8 Å². The molecule has 5 heteroatoms. The Morgan fingerprint density at radius 2 is 2.00 bits per heavy atom. The smallest absolute Gasteiger partial charge is 0.356 e. The van der Waals surface area contributed by atoms with E-state index < -0.39 is 12.2 Å². The minimum absolute atomic E-state index is 0.174. The number of nitrogens with one attached hydrogen (secondary N) is 1. The van der Waals surface area contributed by atoms with E-state index in [9.17, 15) is 9.59 Å². The summed E-state index contributed by atoms with van der Waals surface area (Å²) in [5.41, 5.74) is 0. The van der Waals surface area contributed by atoms with Crippen molar-refractivity contribution in [3.8, 4) is 0 Å². The van der Waals surface area contributed by atoms with E-state index in [0.29, 0.717) is 0 Å². The van der Waals surface area contributed by atoms with Gasteiger partial charge in [0.05, 0.1) is 6.61 Å². The summed E-state index contributed by atoms with van der Waals surface area (Å²) in [6.45, 7) is 5.11. The van der Waals surface area contributed by atoms with Gasteiger partial charge in [-0.3, -0.25) is 4.79 Å². The Morgan fingerprint density at radius 3 is 2.38 bits per heavy atom. The molecule has 0 aliphatic rings. The van der Waals surface area contributed by atoms with Gasteiger partial charge >= 0.3 is 5.97 Å². The average Bonchev–Trinajstić information content (AvgIpc) is 2.04. The second-order valence-electron chi connectivity index (χ2n) is 2.82. The Morgan fingerprint density at radius 1 is 1.46 bits per heavy atom. The van der Waals surface area contributed by atoms with Crippen molar-refractivity contribution in [2.75, 3.05) is 6.61 Å². The van der Waals surface area contributed by atoms with Gasteiger partial charge in [0.15, 0.2) is 0 Å². The third kappa shape index (κ3) is 4.47. The van der Waals surface area contributed by atoms with Crippen LogP contribution in [0.4, 0.5) is 0 Å². The lowest BCUT2D eigenvalue weighted by atomic mass is 10.2. The molecule has 0 heterocycles. The fourth-order valence-electron chi connectivity index (χ4n) is 0.582. The molecule has 1 atom stereocenters. The molecule has 0 saturated heterocycles. The van der Waals surface area contributed by atoms with E-state index in [-0.39, 0.29) is 18.4 Å². The summed E-state index contributed by atoms with van der Waals surface area (Å²) in [6.07, 6.45) is -1.56. The molecule has 0 aliphatic heterocycles. The van der Waals surface area contributed by atoms with Crippen LogP contribution in [-0.2, 0) is 14.3 Å². The van der Waals surface area contributed by atoms with Crippen LogP contribution in [0.15, 0.2) is 0 Å². The molecule has 0 radical (unpaired) electrons. The van der Waals surface area contributed by atoms with Crippen LogP contribution in [0.2, 0.25) is 0 Å². The van der Waals surface area contributed by atoms with Gasteiger partial charge in [-0.1, -0.05) is 13.8 Å². The van der Waals surface area contributed by atoms with Crippen molar-refractivity contribution in [3.63, 3.8) is 0 Å². The molecule has 0 aliphatic carbocycles. The average molecular weight is 189 g/mol. The van der Waals surface area contributed by atoms with E-state index in [1.165, 1.54) is 0 Å². The molecule has 2 N–H and O–H groups in total. The number of hydrogen-bond donors (Lipinski definition) is 2. The molecule has 5 nitrogen and oxygen atoms in total. The first kappa shape index (κ1) is 11.9. The number of aliphatic hydroxyl groups is 1. The molecule has 0 aromatic rings. The number of carbonyl (C=O) groups is 2. The predicted molar refractivity (Wildman–Crippen MR) is 45.6 cm³/mol. The van der Waals surface area contributed by atoms with Gasteiger partial charge in [0.25, 0.3) is 0 Å². The first-order valence-corrected chi connectivity index (χ1v) is 4.14. The van der Waals surface area contributed by atoms with Crippen LogP contribution in [0, 0.1) is 5.92 Å². The van der Waals surface area contributed by atoms with Gasteiger partial charge in [-0.25, -0.2) is 4.79 Å². The third-order valence-corrected chi connectivity index (χ3v) is 1.31. The summed E-state index contributed by atoms with van der Waals surface area (Å²) in [5, 5.41) is 11.2. The molecule has 0 aromatic carbocycles. The Labute approximate surface area is 77.1 Å². The molecular formula is C8H15NO4. The first-order chi connectivity index (χ1) is 5.99. The molecule has 0 aromatic heterocycles. The summed E-state index contributed by atoms with van der Waals surface area (Å²) < 4.78 is 4.48. The number of amides is 1. The maximum Gasteiger partial charge on any atom is 0.356 e. The molecular weight excluding hydrogens is 174 g/mol. The van der Waals surface area contributed by atoms with Gasteiger partial charge in [0.1, 0.15) is 0 Å². The van der Waals surface area contributed by atoms with E-state index in [1.807, 2.05) is 0 Å². The zero-order valence-corrected chi connectivity index (χ0v) is 8.03. The molecule has 13 heavy (non-hydrogen) atoms. The van der Waals surface area contributed by atoms with Crippen LogP contribution < -0.4 is 5.32 Å². The topological polar surface area (TPSA) is 75.6 Å². The summed E-state index contributed by atoms with van der Waals surface area (Å²) in [5.74, 6) is -1.50. The highest BCUT2D eigenvalue weighted by molar-refractivity contribution is 5.84. The highest BCUT2D eigenvalue weighted by atomic mass is 16.5. The lowest BCUT2D eigenvalue weighted by molar-refractivity contribution is -0.157. The van der Waals surface area contributed by atoms with Crippen LogP contribution in [0.5, 0.6) is 0 Å². The van der Waals surface area contributed by atoms with Gasteiger partial charge in [-0.2, -0.15) is 0 Å². The van der Waals surface area contributed by atoms with Crippen molar-refractivity contribution in [3.05, 3.63) is 0 Å². The van der Waals surface area contributed by atoms with Crippen molar-refractivity contribution in [1.82, 2.24) is 5.32 Å². The van der Waals surface area contributed by atoms with E-state index >= 15 is 0 Å². The monoisotopic (exact) mass is 189 g/mol. The van der Waals surface area contributed by atoms with Crippen molar-refractivity contribution in [2.24, 2.45) is 5.92 Å². The van der Waals surface area contributed by atoms with Gasteiger partial charge in [0, 0.05) is 5.92 Å². The number of carbonyl (C=O) groups excluding carboxylic acids is 2. The number of rotatable bonds is 4. The largest absolute Gasteiger partial charge is 0.463 e. The number of hydrogen-bond acceptors (Lipinski definition) is 4. The number of esters is 1. The van der Waals surface area contributed by atoms with E-state index in [4.69, 9.17) is 5.11 Å². The molecule has 0 saturated carbocycles. The van der Waals surface area contributed by atoms with Crippen molar-refractivity contribution >= 4 is 11.9 Å². The van der Waals surface area contributed by atoms with Crippen LogP contribution in [0.25, 0.3) is 0 Å². The predicted octanol–water partition coefficient (Wildman–Crippen LogP) is -0.360. The fourth-order valence-corrected chi connectivity index (χ4v) is 0.582. The maximum absolute atomic E-state index is 11.0. The number of aliphatic hydroxyl groups excluding tert-OH is 1. The molecule has 0 fully saturated rings. The van der Waals surface area contributed by atoms with Gasteiger partial charge in [-0.05, 0) is 6.92 Å². The molecule has 76 valence electrons. The van der Waals surface area contributed by atoms with Gasteiger partial charge in [0.2, 0.25) is 12.1 Å². The Kier molecular flexibility index (Phi) is 5.06. The van der Waals surface area contributed by atoms with Gasteiger partial charge < -0.3 is 15.2 Å². The molecule has 1 amide bonds. The third-order valence-electron chi connectivity index (χ3n) is 1.31. The number of ether oxygens (including phenoxy) is 1. The zero-order valence-electron chi connectivity index (χ0n) is 8.03. The van der Waals surface area contributed by atoms with Crippen molar-refractivity contribution in [1.29, 1.82) is 0 Å². The fraction of sp³-hybridized carbons (Fsp3) is 0.750. The Hall–Kier alpha value is -1.10. The Bertz CT molecular complexity index is 191. The van der Waals surface area contributed by atoms with E-state index in [1.54, 1.807) is 20.8 Å². The van der Waals surface area contributed by atoms with Crippen LogP contribution in [0.3, 0.4) is 0 Å². The summed E-state index contributed by atoms with van der Waals surface area (Å²) >= 11 is 0. The van der Waals surface area contributed by atoms with Gasteiger partial charge in [-0.15, -0.1) is 0 Å². The maximum atomic E-state index is 11.0. The van der Waals surface area contributed by atoms with E-state index in [2.05, 4.69) is 10.1 Å². The van der Waals surface area contributed by atoms with E-state index in [0.717, 1.165) is 0 Å². The minimum atomic E-state index is -1.56. The Balaban J connectivity index is 3.92. The second-order valence-corrected chi connectivity index (χ2v) is 2.82. The van der Waals surface area contributed by atoms with Crippen LogP contribution >= 0.6 is 0 Å². The van der Waals surface area contributed by atoms with Crippen LogP contribution in [0.1, 0.15) is 20.8 Å². The molecule has 0 rings (SSSR count).